The van der Waals surface area contributed by atoms with Gasteiger partial charge in [0.25, 0.3) is 0 Å². The topological polar surface area (TPSA) is 76.7 Å². The second-order valence-corrected chi connectivity index (χ2v) is 3.60. The SMILES string of the molecule is Nc1nc(Cl)nc(NCc2ccc(F)cc2)n1. The van der Waals surface area contributed by atoms with Crippen molar-refractivity contribution in [1.29, 1.82) is 0 Å². The van der Waals surface area contributed by atoms with E-state index < -0.39 is 0 Å². The van der Waals surface area contributed by atoms with Gasteiger partial charge in [0.1, 0.15) is 5.82 Å². The zero-order valence-electron chi connectivity index (χ0n) is 8.69. The number of nitrogens with two attached hydrogens (primary N) is 1. The number of hydrogen-bond donors (Lipinski definition) is 2. The monoisotopic (exact) mass is 253 g/mol. The molecule has 0 radical (unpaired) electrons. The summed E-state index contributed by atoms with van der Waals surface area (Å²) >= 11 is 5.62. The van der Waals surface area contributed by atoms with Gasteiger partial charge in [-0.15, -0.1) is 0 Å². The molecule has 0 aliphatic carbocycles. The van der Waals surface area contributed by atoms with Crippen molar-refractivity contribution in [2.45, 2.75) is 6.54 Å². The second-order valence-electron chi connectivity index (χ2n) is 3.27. The van der Waals surface area contributed by atoms with E-state index in [-0.39, 0.29) is 23.0 Å². The predicted molar refractivity (Wildman–Crippen MR) is 63.0 cm³/mol. The Morgan fingerprint density at radius 2 is 1.88 bits per heavy atom. The lowest BCUT2D eigenvalue weighted by molar-refractivity contribution is 0.627. The average molecular weight is 254 g/mol. The Bertz CT molecular complexity index is 496. The van der Waals surface area contributed by atoms with Crippen molar-refractivity contribution in [1.82, 2.24) is 15.0 Å². The summed E-state index contributed by atoms with van der Waals surface area (Å²) in [7, 11) is 0. The fraction of sp³-hybridized carbons (Fsp3) is 0.100. The van der Waals surface area contributed by atoms with Crippen LogP contribution in [0.15, 0.2) is 24.3 Å². The summed E-state index contributed by atoms with van der Waals surface area (Å²) in [5.74, 6) is 0.0552. The van der Waals surface area contributed by atoms with Crippen LogP contribution >= 0.6 is 11.6 Å². The molecule has 0 spiro atoms. The van der Waals surface area contributed by atoms with Gasteiger partial charge in [0.15, 0.2) is 0 Å². The molecule has 0 aliphatic heterocycles. The van der Waals surface area contributed by atoms with Crippen molar-refractivity contribution in [3.8, 4) is 0 Å². The molecule has 7 heteroatoms. The minimum atomic E-state index is -0.277. The van der Waals surface area contributed by atoms with E-state index >= 15 is 0 Å². The van der Waals surface area contributed by atoms with Gasteiger partial charge in [0.2, 0.25) is 17.2 Å². The fourth-order valence-electron chi connectivity index (χ4n) is 1.23. The third kappa shape index (κ3) is 3.25. The van der Waals surface area contributed by atoms with E-state index in [0.717, 1.165) is 5.56 Å². The van der Waals surface area contributed by atoms with Gasteiger partial charge in [0, 0.05) is 6.54 Å². The van der Waals surface area contributed by atoms with E-state index in [2.05, 4.69) is 20.3 Å². The number of halogens is 2. The van der Waals surface area contributed by atoms with E-state index in [1.54, 1.807) is 12.1 Å². The number of nitrogens with one attached hydrogen (secondary N) is 1. The minimum Gasteiger partial charge on any atom is -0.368 e. The van der Waals surface area contributed by atoms with Gasteiger partial charge in [-0.2, -0.15) is 15.0 Å². The van der Waals surface area contributed by atoms with Crippen LogP contribution in [-0.2, 0) is 6.54 Å². The molecule has 0 bridgehead atoms. The number of benzene rings is 1. The number of nitrogen functional groups attached to an aromatic ring is 1. The third-order valence-corrected chi connectivity index (χ3v) is 2.16. The second kappa shape index (κ2) is 4.92. The van der Waals surface area contributed by atoms with Gasteiger partial charge >= 0.3 is 0 Å². The van der Waals surface area contributed by atoms with E-state index in [4.69, 9.17) is 17.3 Å². The Morgan fingerprint density at radius 3 is 2.53 bits per heavy atom. The Balaban J connectivity index is 2.04. The van der Waals surface area contributed by atoms with Crippen LogP contribution in [0.1, 0.15) is 5.56 Å². The highest BCUT2D eigenvalue weighted by Gasteiger charge is 2.02. The van der Waals surface area contributed by atoms with Crippen molar-refractivity contribution >= 4 is 23.5 Å². The van der Waals surface area contributed by atoms with Crippen LogP contribution < -0.4 is 11.1 Å². The Morgan fingerprint density at radius 1 is 1.18 bits per heavy atom. The first-order valence-corrected chi connectivity index (χ1v) is 5.16. The number of hydrogen-bond acceptors (Lipinski definition) is 5. The lowest BCUT2D eigenvalue weighted by atomic mass is 10.2. The lowest BCUT2D eigenvalue weighted by Gasteiger charge is -2.05. The van der Waals surface area contributed by atoms with Crippen LogP contribution in [0.4, 0.5) is 16.3 Å². The maximum Gasteiger partial charge on any atom is 0.229 e. The van der Waals surface area contributed by atoms with Gasteiger partial charge in [-0.25, -0.2) is 4.39 Å². The molecular formula is C10H9ClFN5. The van der Waals surface area contributed by atoms with E-state index in [1.807, 2.05) is 0 Å². The number of rotatable bonds is 3. The van der Waals surface area contributed by atoms with Gasteiger partial charge in [0.05, 0.1) is 0 Å². The molecule has 0 amide bonds. The highest BCUT2D eigenvalue weighted by atomic mass is 35.5. The maximum absolute atomic E-state index is 12.7. The van der Waals surface area contributed by atoms with Crippen molar-refractivity contribution in [3.63, 3.8) is 0 Å². The molecule has 0 saturated heterocycles. The Kier molecular flexibility index (Phi) is 3.34. The van der Waals surface area contributed by atoms with Crippen LogP contribution in [0.2, 0.25) is 5.28 Å². The molecule has 5 nitrogen and oxygen atoms in total. The van der Waals surface area contributed by atoms with E-state index in [0.29, 0.717) is 6.54 Å². The van der Waals surface area contributed by atoms with Crippen molar-refractivity contribution in [2.24, 2.45) is 0 Å². The molecule has 0 saturated carbocycles. The molecular weight excluding hydrogens is 245 g/mol. The molecule has 0 atom stereocenters. The molecule has 1 aromatic carbocycles. The number of aromatic nitrogens is 3. The molecule has 0 unspecified atom stereocenters. The van der Waals surface area contributed by atoms with Crippen molar-refractivity contribution < 1.29 is 4.39 Å². The zero-order chi connectivity index (χ0) is 12.3. The largest absolute Gasteiger partial charge is 0.368 e. The molecule has 2 aromatic rings. The highest BCUT2D eigenvalue weighted by molar-refractivity contribution is 6.28. The average Bonchev–Trinajstić information content (AvgIpc) is 2.27. The number of anilines is 2. The summed E-state index contributed by atoms with van der Waals surface area (Å²) in [6, 6.07) is 6.08. The van der Waals surface area contributed by atoms with Gasteiger partial charge in [-0.3, -0.25) is 0 Å². The molecule has 1 aromatic heterocycles. The zero-order valence-corrected chi connectivity index (χ0v) is 9.45. The summed E-state index contributed by atoms with van der Waals surface area (Å²) in [5.41, 5.74) is 6.30. The fourth-order valence-corrected chi connectivity index (χ4v) is 1.39. The van der Waals surface area contributed by atoms with Crippen LogP contribution in [0, 0.1) is 5.82 Å². The van der Waals surface area contributed by atoms with Crippen LogP contribution in [0.25, 0.3) is 0 Å². The van der Waals surface area contributed by atoms with Gasteiger partial charge < -0.3 is 11.1 Å². The smallest absolute Gasteiger partial charge is 0.229 e. The number of nitrogens with zero attached hydrogens (tertiary/aromatic N) is 3. The summed E-state index contributed by atoms with van der Waals surface area (Å²) in [5, 5.41) is 2.94. The first-order chi connectivity index (χ1) is 8.13. The van der Waals surface area contributed by atoms with Crippen molar-refractivity contribution in [3.05, 3.63) is 40.9 Å². The Hall–Kier alpha value is -1.95. The van der Waals surface area contributed by atoms with Crippen LogP contribution in [-0.4, -0.2) is 15.0 Å². The molecule has 0 fully saturated rings. The van der Waals surface area contributed by atoms with E-state index in [9.17, 15) is 4.39 Å². The molecule has 1 heterocycles. The highest BCUT2D eigenvalue weighted by Crippen LogP contribution is 2.09. The first-order valence-electron chi connectivity index (χ1n) is 4.79. The summed E-state index contributed by atoms with van der Waals surface area (Å²) in [6.07, 6.45) is 0. The summed E-state index contributed by atoms with van der Waals surface area (Å²) in [6.45, 7) is 0.445. The predicted octanol–water partition coefficient (Wildman–Crippen LogP) is 1.86. The van der Waals surface area contributed by atoms with Crippen LogP contribution in [0.5, 0.6) is 0 Å². The van der Waals surface area contributed by atoms with Gasteiger partial charge in [-0.1, -0.05) is 12.1 Å². The normalized spacial score (nSPS) is 10.2. The summed E-state index contributed by atoms with van der Waals surface area (Å²) in [4.78, 5) is 11.3. The molecule has 3 N–H and O–H groups in total. The van der Waals surface area contributed by atoms with E-state index in [1.165, 1.54) is 12.1 Å². The van der Waals surface area contributed by atoms with Crippen molar-refractivity contribution in [2.75, 3.05) is 11.1 Å². The first kappa shape index (κ1) is 11.5. The molecule has 17 heavy (non-hydrogen) atoms. The Labute approximate surface area is 102 Å². The quantitative estimate of drug-likeness (QED) is 0.873. The minimum absolute atomic E-state index is 0.0270. The van der Waals surface area contributed by atoms with Gasteiger partial charge in [-0.05, 0) is 29.3 Å². The molecule has 2 rings (SSSR count). The van der Waals surface area contributed by atoms with Crippen LogP contribution in [0.3, 0.4) is 0 Å². The summed E-state index contributed by atoms with van der Waals surface area (Å²) < 4.78 is 12.7. The molecule has 0 aliphatic rings. The molecule has 88 valence electrons. The third-order valence-electron chi connectivity index (χ3n) is 1.99. The lowest BCUT2D eigenvalue weighted by Crippen LogP contribution is -2.07. The standard InChI is InChI=1S/C10H9ClFN5/c11-8-15-9(13)17-10(16-8)14-5-6-1-3-7(12)4-2-6/h1-4H,5H2,(H3,13,14,15,16,17). The maximum atomic E-state index is 12.7.